The van der Waals surface area contributed by atoms with Gasteiger partial charge in [-0.15, -0.1) is 0 Å². The SMILES string of the molecule is CCCn1ncc(Br)c1CCC(CC)NCC. The fourth-order valence-corrected chi connectivity index (χ4v) is 2.59. The summed E-state index contributed by atoms with van der Waals surface area (Å²) in [5.74, 6) is 0. The molecule has 1 unspecified atom stereocenters. The molecular weight excluding hydrogens is 278 g/mol. The lowest BCUT2D eigenvalue weighted by Gasteiger charge is -2.16. The first-order valence-corrected chi connectivity index (χ1v) is 7.45. The third-order valence-corrected chi connectivity index (χ3v) is 3.71. The van der Waals surface area contributed by atoms with Crippen molar-refractivity contribution in [2.75, 3.05) is 6.54 Å². The fourth-order valence-electron chi connectivity index (χ4n) is 2.09. The number of aryl methyl sites for hydroxylation is 1. The van der Waals surface area contributed by atoms with E-state index < -0.39 is 0 Å². The molecule has 0 aromatic carbocycles. The largest absolute Gasteiger partial charge is 0.314 e. The van der Waals surface area contributed by atoms with E-state index in [-0.39, 0.29) is 0 Å². The number of hydrogen-bond acceptors (Lipinski definition) is 2. The van der Waals surface area contributed by atoms with Gasteiger partial charge < -0.3 is 5.32 Å². The molecule has 0 saturated heterocycles. The summed E-state index contributed by atoms with van der Waals surface area (Å²) in [7, 11) is 0. The van der Waals surface area contributed by atoms with Crippen molar-refractivity contribution in [3.63, 3.8) is 0 Å². The van der Waals surface area contributed by atoms with Gasteiger partial charge in [0.1, 0.15) is 0 Å². The second-order valence-corrected chi connectivity index (χ2v) is 5.22. The number of aromatic nitrogens is 2. The molecule has 1 atom stereocenters. The molecule has 0 amide bonds. The smallest absolute Gasteiger partial charge is 0.0635 e. The molecule has 0 bridgehead atoms. The lowest BCUT2D eigenvalue weighted by Crippen LogP contribution is -2.28. The Kier molecular flexibility index (Phi) is 6.82. The van der Waals surface area contributed by atoms with E-state index in [4.69, 9.17) is 0 Å². The Balaban J connectivity index is 2.57. The number of halogens is 1. The highest BCUT2D eigenvalue weighted by molar-refractivity contribution is 9.10. The Labute approximate surface area is 113 Å². The molecule has 1 aromatic rings. The summed E-state index contributed by atoms with van der Waals surface area (Å²) in [5, 5.41) is 7.93. The predicted octanol–water partition coefficient (Wildman–Crippen LogP) is 3.38. The third kappa shape index (κ3) is 4.43. The van der Waals surface area contributed by atoms with E-state index in [1.165, 1.54) is 18.5 Å². The van der Waals surface area contributed by atoms with E-state index >= 15 is 0 Å². The van der Waals surface area contributed by atoms with Crippen molar-refractivity contribution in [2.45, 2.75) is 59.0 Å². The maximum atomic E-state index is 4.40. The second-order valence-electron chi connectivity index (χ2n) is 4.36. The zero-order valence-corrected chi connectivity index (χ0v) is 12.8. The molecule has 0 aliphatic carbocycles. The van der Waals surface area contributed by atoms with Crippen LogP contribution in [0.5, 0.6) is 0 Å². The van der Waals surface area contributed by atoms with Crippen LogP contribution in [0.25, 0.3) is 0 Å². The van der Waals surface area contributed by atoms with Gasteiger partial charge in [0, 0.05) is 12.6 Å². The first-order chi connectivity index (χ1) is 8.22. The maximum Gasteiger partial charge on any atom is 0.0635 e. The maximum absolute atomic E-state index is 4.40. The summed E-state index contributed by atoms with van der Waals surface area (Å²) in [4.78, 5) is 0. The fraction of sp³-hybridized carbons (Fsp3) is 0.769. The Morgan fingerprint density at radius 3 is 2.76 bits per heavy atom. The molecule has 1 heterocycles. The molecular formula is C13H24BrN3. The number of hydrogen-bond donors (Lipinski definition) is 1. The highest BCUT2D eigenvalue weighted by Gasteiger charge is 2.11. The molecule has 1 aromatic heterocycles. The minimum absolute atomic E-state index is 0.622. The minimum atomic E-state index is 0.622. The van der Waals surface area contributed by atoms with Crippen molar-refractivity contribution in [3.05, 3.63) is 16.4 Å². The first kappa shape index (κ1) is 14.7. The van der Waals surface area contributed by atoms with Crippen LogP contribution in [0.2, 0.25) is 0 Å². The van der Waals surface area contributed by atoms with Crippen LogP contribution in [0, 0.1) is 0 Å². The molecule has 0 fully saturated rings. The average Bonchev–Trinajstić information content (AvgIpc) is 2.67. The summed E-state index contributed by atoms with van der Waals surface area (Å²) in [5.41, 5.74) is 1.34. The summed E-state index contributed by atoms with van der Waals surface area (Å²) in [6.07, 6.45) is 6.50. The second kappa shape index (κ2) is 7.88. The normalized spacial score (nSPS) is 12.9. The zero-order valence-electron chi connectivity index (χ0n) is 11.2. The number of rotatable bonds is 8. The van der Waals surface area contributed by atoms with Crippen molar-refractivity contribution in [1.29, 1.82) is 0 Å². The van der Waals surface area contributed by atoms with E-state index in [0.717, 1.165) is 30.4 Å². The van der Waals surface area contributed by atoms with Gasteiger partial charge >= 0.3 is 0 Å². The van der Waals surface area contributed by atoms with Crippen molar-refractivity contribution < 1.29 is 0 Å². The van der Waals surface area contributed by atoms with Crippen LogP contribution in [-0.2, 0) is 13.0 Å². The van der Waals surface area contributed by atoms with Gasteiger partial charge in [0.15, 0.2) is 0 Å². The van der Waals surface area contributed by atoms with Gasteiger partial charge in [-0.25, -0.2) is 0 Å². The molecule has 1 rings (SSSR count). The molecule has 3 nitrogen and oxygen atoms in total. The monoisotopic (exact) mass is 301 g/mol. The van der Waals surface area contributed by atoms with E-state index in [2.05, 4.69) is 51.8 Å². The van der Waals surface area contributed by atoms with Crippen LogP contribution < -0.4 is 5.32 Å². The minimum Gasteiger partial charge on any atom is -0.314 e. The van der Waals surface area contributed by atoms with Crippen LogP contribution in [0.3, 0.4) is 0 Å². The molecule has 0 aliphatic rings. The summed E-state index contributed by atoms with van der Waals surface area (Å²) in [6.45, 7) is 8.66. The Morgan fingerprint density at radius 2 is 2.18 bits per heavy atom. The Bertz CT molecular complexity index is 322. The first-order valence-electron chi connectivity index (χ1n) is 6.66. The third-order valence-electron chi connectivity index (χ3n) is 3.05. The quantitative estimate of drug-likeness (QED) is 0.798. The van der Waals surface area contributed by atoms with E-state index in [1.54, 1.807) is 0 Å². The van der Waals surface area contributed by atoms with Gasteiger partial charge in [-0.05, 0) is 48.2 Å². The van der Waals surface area contributed by atoms with Crippen molar-refractivity contribution in [3.8, 4) is 0 Å². The molecule has 98 valence electrons. The molecule has 1 N–H and O–H groups in total. The lowest BCUT2D eigenvalue weighted by atomic mass is 10.1. The standard InChI is InChI=1S/C13H24BrN3/c1-4-9-17-13(12(14)10-16-17)8-7-11(5-2)15-6-3/h10-11,15H,4-9H2,1-3H3. The van der Waals surface area contributed by atoms with Gasteiger partial charge in [-0.2, -0.15) is 5.10 Å². The van der Waals surface area contributed by atoms with Crippen molar-refractivity contribution >= 4 is 15.9 Å². The molecule has 17 heavy (non-hydrogen) atoms. The lowest BCUT2D eigenvalue weighted by molar-refractivity contribution is 0.467. The Hall–Kier alpha value is -0.350. The topological polar surface area (TPSA) is 29.9 Å². The zero-order chi connectivity index (χ0) is 12.7. The van der Waals surface area contributed by atoms with Gasteiger partial charge in [0.05, 0.1) is 16.4 Å². The molecule has 0 aliphatic heterocycles. The van der Waals surface area contributed by atoms with Crippen LogP contribution in [0.1, 0.15) is 45.7 Å². The molecule has 0 radical (unpaired) electrons. The van der Waals surface area contributed by atoms with Crippen LogP contribution >= 0.6 is 15.9 Å². The number of nitrogens with one attached hydrogen (secondary N) is 1. The van der Waals surface area contributed by atoms with Gasteiger partial charge in [0.2, 0.25) is 0 Å². The molecule has 4 heteroatoms. The van der Waals surface area contributed by atoms with Crippen molar-refractivity contribution in [2.24, 2.45) is 0 Å². The van der Waals surface area contributed by atoms with E-state index in [0.29, 0.717) is 6.04 Å². The molecule has 0 saturated carbocycles. The van der Waals surface area contributed by atoms with Gasteiger partial charge in [-0.3, -0.25) is 4.68 Å². The molecule has 0 spiro atoms. The number of nitrogens with zero attached hydrogens (tertiary/aromatic N) is 2. The van der Waals surface area contributed by atoms with Gasteiger partial charge in [-0.1, -0.05) is 20.8 Å². The van der Waals surface area contributed by atoms with Crippen LogP contribution in [0.15, 0.2) is 10.7 Å². The predicted molar refractivity (Wildman–Crippen MR) is 76.3 cm³/mol. The van der Waals surface area contributed by atoms with Crippen LogP contribution in [0.4, 0.5) is 0 Å². The van der Waals surface area contributed by atoms with Crippen molar-refractivity contribution in [1.82, 2.24) is 15.1 Å². The van der Waals surface area contributed by atoms with E-state index in [9.17, 15) is 0 Å². The summed E-state index contributed by atoms with van der Waals surface area (Å²) < 4.78 is 3.28. The average molecular weight is 302 g/mol. The van der Waals surface area contributed by atoms with E-state index in [1.807, 2.05) is 6.20 Å². The highest BCUT2D eigenvalue weighted by atomic mass is 79.9. The van der Waals surface area contributed by atoms with Crippen LogP contribution in [-0.4, -0.2) is 22.4 Å². The summed E-state index contributed by atoms with van der Waals surface area (Å²) >= 11 is 3.59. The highest BCUT2D eigenvalue weighted by Crippen LogP contribution is 2.19. The van der Waals surface area contributed by atoms with Gasteiger partial charge in [0.25, 0.3) is 0 Å². The Morgan fingerprint density at radius 1 is 1.41 bits per heavy atom. The summed E-state index contributed by atoms with van der Waals surface area (Å²) in [6, 6.07) is 0.622.